The quantitative estimate of drug-likeness (QED) is 0.389. The van der Waals surface area contributed by atoms with Gasteiger partial charge in [0.2, 0.25) is 5.91 Å². The second-order valence-corrected chi connectivity index (χ2v) is 10.5. The second-order valence-electron chi connectivity index (χ2n) is 9.43. The molecule has 2 N–H and O–H groups in total. The van der Waals surface area contributed by atoms with E-state index in [2.05, 4.69) is 12.2 Å². The fourth-order valence-corrected chi connectivity index (χ4v) is 5.52. The van der Waals surface area contributed by atoms with Gasteiger partial charge in [0.1, 0.15) is 11.1 Å². The molecule has 0 atom stereocenters. The van der Waals surface area contributed by atoms with Crippen molar-refractivity contribution in [3.8, 4) is 10.4 Å². The highest BCUT2D eigenvalue weighted by atomic mass is 32.1. The van der Waals surface area contributed by atoms with Gasteiger partial charge in [-0.2, -0.15) is 0 Å². The standard InChI is InChI=1S/C27H30N2O5S/c1-16(2)29(26(31)19-6-4-17(3)5-7-19)22-14-23(35-24(22)27(32)33)18-8-10-21(11-9-18)28-25(30)20-12-13-34-15-20/h8-17,19H,4-7H2,1-3H3,(H,28,30)(H,32,33)/t17-,19-. The van der Waals surface area contributed by atoms with Gasteiger partial charge in [-0.3, -0.25) is 9.59 Å². The van der Waals surface area contributed by atoms with Gasteiger partial charge in [-0.1, -0.05) is 19.1 Å². The lowest BCUT2D eigenvalue weighted by molar-refractivity contribution is -0.123. The monoisotopic (exact) mass is 494 g/mol. The highest BCUT2D eigenvalue weighted by Crippen LogP contribution is 2.40. The molecule has 2 amide bonds. The van der Waals surface area contributed by atoms with E-state index in [9.17, 15) is 19.5 Å². The van der Waals surface area contributed by atoms with Crippen molar-refractivity contribution in [1.82, 2.24) is 0 Å². The van der Waals surface area contributed by atoms with Crippen LogP contribution in [0, 0.1) is 11.8 Å². The maximum atomic E-state index is 13.5. The Morgan fingerprint density at radius 1 is 1.09 bits per heavy atom. The van der Waals surface area contributed by atoms with E-state index >= 15 is 0 Å². The minimum atomic E-state index is -1.05. The predicted octanol–water partition coefficient (Wildman–Crippen LogP) is 6.53. The van der Waals surface area contributed by atoms with Crippen LogP contribution < -0.4 is 10.2 Å². The van der Waals surface area contributed by atoms with Crippen molar-refractivity contribution in [2.24, 2.45) is 11.8 Å². The van der Waals surface area contributed by atoms with Crippen LogP contribution >= 0.6 is 11.3 Å². The van der Waals surface area contributed by atoms with Gasteiger partial charge < -0.3 is 19.7 Å². The molecule has 2 heterocycles. The summed E-state index contributed by atoms with van der Waals surface area (Å²) in [6, 6.07) is 10.4. The van der Waals surface area contributed by atoms with Crippen LogP contribution in [0.25, 0.3) is 10.4 Å². The minimum absolute atomic E-state index is 0.0102. The molecular formula is C27H30N2O5S. The molecule has 0 radical (unpaired) electrons. The van der Waals surface area contributed by atoms with Crippen LogP contribution in [-0.4, -0.2) is 28.9 Å². The summed E-state index contributed by atoms with van der Waals surface area (Å²) in [4.78, 5) is 40.5. The maximum Gasteiger partial charge on any atom is 0.348 e. The summed E-state index contributed by atoms with van der Waals surface area (Å²) in [5, 5.41) is 12.7. The van der Waals surface area contributed by atoms with E-state index in [4.69, 9.17) is 4.42 Å². The fourth-order valence-electron chi connectivity index (χ4n) is 4.53. The first-order valence-electron chi connectivity index (χ1n) is 11.9. The number of hydrogen-bond acceptors (Lipinski definition) is 5. The van der Waals surface area contributed by atoms with Crippen molar-refractivity contribution in [2.45, 2.75) is 52.5 Å². The lowest BCUT2D eigenvalue weighted by atomic mass is 9.82. The number of rotatable bonds is 7. The van der Waals surface area contributed by atoms with E-state index in [0.29, 0.717) is 22.9 Å². The van der Waals surface area contributed by atoms with Crippen LogP contribution in [0.15, 0.2) is 53.3 Å². The number of carbonyl (C=O) groups excluding carboxylic acids is 2. The molecule has 8 heteroatoms. The van der Waals surface area contributed by atoms with E-state index in [0.717, 1.165) is 47.5 Å². The molecule has 0 saturated heterocycles. The van der Waals surface area contributed by atoms with Crippen LogP contribution in [0.2, 0.25) is 0 Å². The lowest BCUT2D eigenvalue weighted by Gasteiger charge is -2.33. The zero-order chi connectivity index (χ0) is 25.1. The fraction of sp³-hybridized carbons (Fsp3) is 0.370. The zero-order valence-corrected chi connectivity index (χ0v) is 20.9. The van der Waals surface area contributed by atoms with Gasteiger partial charge in [0.25, 0.3) is 5.91 Å². The number of furan rings is 1. The summed E-state index contributed by atoms with van der Waals surface area (Å²) in [5.74, 6) is -0.758. The van der Waals surface area contributed by atoms with Gasteiger partial charge in [-0.15, -0.1) is 11.3 Å². The summed E-state index contributed by atoms with van der Waals surface area (Å²) >= 11 is 1.16. The molecule has 2 aromatic heterocycles. The first kappa shape index (κ1) is 24.7. The second kappa shape index (κ2) is 10.5. The number of aromatic carboxylic acids is 1. The molecule has 1 fully saturated rings. The average molecular weight is 495 g/mol. The largest absolute Gasteiger partial charge is 0.477 e. The number of carbonyl (C=O) groups is 3. The highest BCUT2D eigenvalue weighted by molar-refractivity contribution is 7.18. The van der Waals surface area contributed by atoms with E-state index < -0.39 is 5.97 Å². The number of nitrogens with zero attached hydrogens (tertiary/aromatic N) is 1. The lowest BCUT2D eigenvalue weighted by Crippen LogP contribution is -2.42. The van der Waals surface area contributed by atoms with Crippen LogP contribution in [0.4, 0.5) is 11.4 Å². The summed E-state index contributed by atoms with van der Waals surface area (Å²) in [6.07, 6.45) is 6.54. The number of thiophene rings is 1. The SMILES string of the molecule is CC(C)N(c1cc(-c2ccc(NC(=O)c3ccoc3)cc2)sc1C(=O)O)C(=O)[C@H]1CC[C@H](C)CC1. The third-order valence-electron chi connectivity index (χ3n) is 6.50. The van der Waals surface area contributed by atoms with E-state index in [1.165, 1.54) is 12.5 Å². The Labute approximate surface area is 208 Å². The molecule has 184 valence electrons. The van der Waals surface area contributed by atoms with Crippen LogP contribution in [0.3, 0.4) is 0 Å². The smallest absolute Gasteiger partial charge is 0.348 e. The van der Waals surface area contributed by atoms with Gasteiger partial charge in [0.15, 0.2) is 0 Å². The molecule has 35 heavy (non-hydrogen) atoms. The highest BCUT2D eigenvalue weighted by Gasteiger charge is 2.33. The Balaban J connectivity index is 1.59. The summed E-state index contributed by atoms with van der Waals surface area (Å²) < 4.78 is 4.94. The Morgan fingerprint density at radius 3 is 2.34 bits per heavy atom. The molecule has 7 nitrogen and oxygen atoms in total. The number of benzene rings is 1. The normalized spacial score (nSPS) is 17.8. The van der Waals surface area contributed by atoms with Crippen molar-refractivity contribution in [3.63, 3.8) is 0 Å². The number of carboxylic acid groups (broad SMARTS) is 1. The van der Waals surface area contributed by atoms with Gasteiger partial charge >= 0.3 is 5.97 Å². The minimum Gasteiger partial charge on any atom is -0.477 e. The Morgan fingerprint density at radius 2 is 1.77 bits per heavy atom. The van der Waals surface area contributed by atoms with Crippen molar-refractivity contribution in [1.29, 1.82) is 0 Å². The number of nitrogens with one attached hydrogen (secondary N) is 1. The maximum absolute atomic E-state index is 13.5. The predicted molar refractivity (Wildman–Crippen MR) is 137 cm³/mol. The van der Waals surface area contributed by atoms with Crippen LogP contribution in [0.1, 0.15) is 66.5 Å². The molecule has 0 spiro atoms. The number of carboxylic acids is 1. The summed E-state index contributed by atoms with van der Waals surface area (Å²) in [5.41, 5.74) is 2.30. The van der Waals surface area contributed by atoms with E-state index in [1.54, 1.807) is 29.2 Å². The molecule has 0 aliphatic heterocycles. The Bertz CT molecular complexity index is 1190. The van der Waals surface area contributed by atoms with Crippen LogP contribution in [0.5, 0.6) is 0 Å². The average Bonchev–Trinajstić information content (AvgIpc) is 3.51. The van der Waals surface area contributed by atoms with Gasteiger partial charge in [-0.05, 0) is 75.3 Å². The third-order valence-corrected chi connectivity index (χ3v) is 7.66. The van der Waals surface area contributed by atoms with Gasteiger partial charge in [-0.25, -0.2) is 4.79 Å². The number of hydrogen-bond donors (Lipinski definition) is 2. The van der Waals surface area contributed by atoms with Crippen molar-refractivity contribution >= 4 is 40.5 Å². The van der Waals surface area contributed by atoms with Gasteiger partial charge in [0, 0.05) is 22.5 Å². The van der Waals surface area contributed by atoms with Crippen molar-refractivity contribution < 1.29 is 23.9 Å². The summed E-state index contributed by atoms with van der Waals surface area (Å²) in [7, 11) is 0. The van der Waals surface area contributed by atoms with Crippen molar-refractivity contribution in [3.05, 3.63) is 59.4 Å². The third kappa shape index (κ3) is 5.48. The first-order valence-corrected chi connectivity index (χ1v) is 12.7. The van der Waals surface area contributed by atoms with Crippen molar-refractivity contribution in [2.75, 3.05) is 10.2 Å². The summed E-state index contributed by atoms with van der Waals surface area (Å²) in [6.45, 7) is 6.05. The topological polar surface area (TPSA) is 99.8 Å². The van der Waals surface area contributed by atoms with E-state index in [-0.39, 0.29) is 28.7 Å². The zero-order valence-electron chi connectivity index (χ0n) is 20.1. The molecule has 1 aliphatic rings. The molecule has 1 aromatic carbocycles. The molecule has 4 rings (SSSR count). The van der Waals surface area contributed by atoms with Gasteiger partial charge in [0.05, 0.1) is 17.5 Å². The molecule has 3 aromatic rings. The molecule has 0 unspecified atom stereocenters. The molecule has 1 saturated carbocycles. The number of anilines is 2. The van der Waals surface area contributed by atoms with E-state index in [1.807, 2.05) is 26.0 Å². The Kier molecular flexibility index (Phi) is 7.40. The van der Waals surface area contributed by atoms with Crippen LogP contribution in [-0.2, 0) is 4.79 Å². The number of amides is 2. The molecular weight excluding hydrogens is 464 g/mol. The molecule has 0 bridgehead atoms. The Hall–Kier alpha value is -3.39. The first-order chi connectivity index (χ1) is 16.7. The molecule has 1 aliphatic carbocycles.